The molecule has 2 aromatic rings. The van der Waals surface area contributed by atoms with Crippen LogP contribution in [-0.4, -0.2) is 26.6 Å². The lowest BCUT2D eigenvalue weighted by atomic mass is 9.97. The van der Waals surface area contributed by atoms with Gasteiger partial charge in [0.05, 0.1) is 12.5 Å². The lowest BCUT2D eigenvalue weighted by Crippen LogP contribution is -2.35. The first-order chi connectivity index (χ1) is 10.0. The number of carbonyl (C=O) groups excluding carboxylic acids is 2. The first-order valence-corrected chi connectivity index (χ1v) is 6.68. The molecule has 1 aliphatic rings. The molecule has 0 fully saturated rings. The molecule has 2 amide bonds. The van der Waals surface area contributed by atoms with Crippen LogP contribution >= 0.6 is 11.6 Å². The third-order valence-corrected chi connectivity index (χ3v) is 3.55. The smallest absolute Gasteiger partial charge is 0.291 e. The molecule has 1 aliphatic heterocycles. The number of anilines is 1. The Bertz CT molecular complexity index is 708. The maximum Gasteiger partial charge on any atom is 0.291 e. The van der Waals surface area contributed by atoms with E-state index < -0.39 is 11.9 Å². The Morgan fingerprint density at radius 2 is 2.24 bits per heavy atom. The molecule has 0 spiro atoms. The number of hydrogen-bond donors (Lipinski definition) is 2. The number of benzene rings is 1. The van der Waals surface area contributed by atoms with Gasteiger partial charge in [0.15, 0.2) is 0 Å². The van der Waals surface area contributed by atoms with Gasteiger partial charge in [-0.2, -0.15) is 4.98 Å². The summed E-state index contributed by atoms with van der Waals surface area (Å²) in [4.78, 5) is 27.7. The topological polar surface area (TPSA) is 88.9 Å². The van der Waals surface area contributed by atoms with Gasteiger partial charge in [-0.25, -0.2) is 4.68 Å². The van der Waals surface area contributed by atoms with Crippen molar-refractivity contribution in [3.05, 3.63) is 40.9 Å². The minimum Gasteiger partial charge on any atom is -0.342 e. The summed E-state index contributed by atoms with van der Waals surface area (Å²) in [6, 6.07) is 6.92. The summed E-state index contributed by atoms with van der Waals surface area (Å²) in [7, 11) is 1.59. The molecule has 1 aromatic heterocycles. The van der Waals surface area contributed by atoms with Crippen LogP contribution in [0.1, 0.15) is 28.6 Å². The van der Waals surface area contributed by atoms with E-state index in [1.807, 2.05) is 18.2 Å². The van der Waals surface area contributed by atoms with Crippen molar-refractivity contribution in [2.45, 2.75) is 12.5 Å². The average molecular weight is 306 g/mol. The number of hydrogen-bond acceptors (Lipinski definition) is 4. The molecule has 0 saturated carbocycles. The van der Waals surface area contributed by atoms with Crippen LogP contribution < -0.4 is 10.6 Å². The summed E-state index contributed by atoms with van der Waals surface area (Å²) in [6.07, 6.45) is 0.170. The van der Waals surface area contributed by atoms with Gasteiger partial charge in [-0.15, -0.1) is 5.10 Å². The molecule has 3 rings (SSSR count). The Morgan fingerprint density at radius 1 is 1.48 bits per heavy atom. The first-order valence-electron chi connectivity index (χ1n) is 6.31. The Balaban J connectivity index is 1.85. The lowest BCUT2D eigenvalue weighted by molar-refractivity contribution is -0.116. The molecule has 0 radical (unpaired) electrons. The molecule has 0 bridgehead atoms. The summed E-state index contributed by atoms with van der Waals surface area (Å²) >= 11 is 5.77. The number of nitrogens with one attached hydrogen (secondary N) is 2. The highest BCUT2D eigenvalue weighted by Gasteiger charge is 2.27. The van der Waals surface area contributed by atoms with Crippen LogP contribution in [0.3, 0.4) is 0 Å². The number of aromatic nitrogens is 3. The number of halogens is 1. The van der Waals surface area contributed by atoms with E-state index in [1.165, 1.54) is 4.68 Å². The number of para-hydroxylation sites is 1. The van der Waals surface area contributed by atoms with Crippen molar-refractivity contribution in [2.75, 3.05) is 5.32 Å². The monoisotopic (exact) mass is 305 g/mol. The van der Waals surface area contributed by atoms with Crippen molar-refractivity contribution in [3.8, 4) is 0 Å². The summed E-state index contributed by atoms with van der Waals surface area (Å²) in [6.45, 7) is 0. The maximum atomic E-state index is 12.2. The molecule has 1 aromatic carbocycles. The molecule has 8 heteroatoms. The van der Waals surface area contributed by atoms with Crippen molar-refractivity contribution in [2.24, 2.45) is 7.05 Å². The Labute approximate surface area is 125 Å². The van der Waals surface area contributed by atoms with Gasteiger partial charge in [-0.05, 0) is 23.2 Å². The maximum absolute atomic E-state index is 12.2. The third kappa shape index (κ3) is 2.59. The van der Waals surface area contributed by atoms with E-state index in [1.54, 1.807) is 13.1 Å². The molecular formula is C13H12ClN5O2. The van der Waals surface area contributed by atoms with Gasteiger partial charge in [0.2, 0.25) is 17.0 Å². The van der Waals surface area contributed by atoms with E-state index in [0.717, 1.165) is 5.56 Å². The van der Waals surface area contributed by atoms with Crippen molar-refractivity contribution in [1.82, 2.24) is 20.1 Å². The summed E-state index contributed by atoms with van der Waals surface area (Å²) in [5, 5.41) is 9.57. The number of fused-ring (bicyclic) bond motifs is 1. The van der Waals surface area contributed by atoms with Crippen LogP contribution in [0.2, 0.25) is 5.28 Å². The second kappa shape index (κ2) is 5.17. The number of nitrogens with zero attached hydrogens (tertiary/aromatic N) is 3. The van der Waals surface area contributed by atoms with Gasteiger partial charge in [-0.1, -0.05) is 18.2 Å². The van der Waals surface area contributed by atoms with E-state index in [4.69, 9.17) is 11.6 Å². The highest BCUT2D eigenvalue weighted by molar-refractivity contribution is 6.28. The molecule has 108 valence electrons. The SMILES string of the molecule is Cn1nc(C(=O)NC2CC(=O)Nc3ccccc32)nc1Cl. The Morgan fingerprint density at radius 3 is 2.95 bits per heavy atom. The summed E-state index contributed by atoms with van der Waals surface area (Å²) < 4.78 is 1.30. The largest absolute Gasteiger partial charge is 0.342 e. The van der Waals surface area contributed by atoms with Crippen LogP contribution in [0.25, 0.3) is 0 Å². The lowest BCUT2D eigenvalue weighted by Gasteiger charge is -2.25. The molecule has 2 N–H and O–H groups in total. The van der Waals surface area contributed by atoms with Gasteiger partial charge < -0.3 is 10.6 Å². The highest BCUT2D eigenvalue weighted by Crippen LogP contribution is 2.30. The number of amides is 2. The van der Waals surface area contributed by atoms with E-state index >= 15 is 0 Å². The molecule has 0 aliphatic carbocycles. The molecule has 1 unspecified atom stereocenters. The quantitative estimate of drug-likeness (QED) is 0.875. The van der Waals surface area contributed by atoms with E-state index in [0.29, 0.717) is 5.69 Å². The summed E-state index contributed by atoms with van der Waals surface area (Å²) in [5.41, 5.74) is 1.55. The predicted molar refractivity (Wildman–Crippen MR) is 75.9 cm³/mol. The molecular weight excluding hydrogens is 294 g/mol. The van der Waals surface area contributed by atoms with Crippen LogP contribution in [-0.2, 0) is 11.8 Å². The normalized spacial score (nSPS) is 17.0. The van der Waals surface area contributed by atoms with E-state index in [2.05, 4.69) is 20.7 Å². The predicted octanol–water partition coefficient (Wildman–Crippen LogP) is 1.28. The number of carbonyl (C=O) groups is 2. The fourth-order valence-corrected chi connectivity index (χ4v) is 2.34. The zero-order valence-corrected chi connectivity index (χ0v) is 11.9. The second-order valence-electron chi connectivity index (χ2n) is 4.69. The van der Waals surface area contributed by atoms with Crippen LogP contribution in [0.5, 0.6) is 0 Å². The van der Waals surface area contributed by atoms with Crippen molar-refractivity contribution < 1.29 is 9.59 Å². The number of aryl methyl sites for hydroxylation is 1. The van der Waals surface area contributed by atoms with Gasteiger partial charge in [0, 0.05) is 12.7 Å². The van der Waals surface area contributed by atoms with E-state index in [-0.39, 0.29) is 23.4 Å². The molecule has 21 heavy (non-hydrogen) atoms. The second-order valence-corrected chi connectivity index (χ2v) is 5.03. The zero-order chi connectivity index (χ0) is 15.0. The zero-order valence-electron chi connectivity index (χ0n) is 11.1. The molecule has 1 atom stereocenters. The summed E-state index contributed by atoms with van der Waals surface area (Å²) in [5.74, 6) is -0.635. The average Bonchev–Trinajstić information content (AvgIpc) is 2.78. The van der Waals surface area contributed by atoms with Gasteiger partial charge >= 0.3 is 0 Å². The minimum atomic E-state index is -0.466. The Hall–Kier alpha value is -2.41. The fourth-order valence-electron chi connectivity index (χ4n) is 2.22. The van der Waals surface area contributed by atoms with Crippen molar-refractivity contribution >= 4 is 29.1 Å². The van der Waals surface area contributed by atoms with Gasteiger partial charge in [-0.3, -0.25) is 9.59 Å². The van der Waals surface area contributed by atoms with Crippen molar-refractivity contribution in [3.63, 3.8) is 0 Å². The van der Waals surface area contributed by atoms with Crippen LogP contribution in [0.4, 0.5) is 5.69 Å². The van der Waals surface area contributed by atoms with Crippen LogP contribution in [0, 0.1) is 0 Å². The minimum absolute atomic E-state index is 0.0223. The molecule has 2 heterocycles. The third-order valence-electron chi connectivity index (χ3n) is 3.22. The standard InChI is InChI=1S/C13H12ClN5O2/c1-19-13(14)17-11(18-19)12(21)16-9-6-10(20)15-8-5-3-2-4-7(8)9/h2-5,9H,6H2,1H3,(H,15,20)(H,16,21). The fraction of sp³-hybridized carbons (Fsp3) is 0.231. The van der Waals surface area contributed by atoms with E-state index in [9.17, 15) is 9.59 Å². The Kier molecular flexibility index (Phi) is 3.34. The highest BCUT2D eigenvalue weighted by atomic mass is 35.5. The molecule has 0 saturated heterocycles. The van der Waals surface area contributed by atoms with Gasteiger partial charge in [0.25, 0.3) is 5.91 Å². The van der Waals surface area contributed by atoms with Crippen LogP contribution in [0.15, 0.2) is 24.3 Å². The van der Waals surface area contributed by atoms with Crippen molar-refractivity contribution in [1.29, 1.82) is 0 Å². The first kappa shape index (κ1) is 13.6. The number of rotatable bonds is 2. The van der Waals surface area contributed by atoms with Gasteiger partial charge in [0.1, 0.15) is 0 Å². The molecule has 7 nitrogen and oxygen atoms in total.